The summed E-state index contributed by atoms with van der Waals surface area (Å²) in [6, 6.07) is 19.9. The predicted octanol–water partition coefficient (Wildman–Crippen LogP) is 2.54. The highest BCUT2D eigenvalue weighted by atomic mass is 32.2. The number of nitrogens with one attached hydrogen (secondary N) is 5. The molecule has 13 nitrogen and oxygen atoms in total. The molecule has 0 spiro atoms. The maximum absolute atomic E-state index is 12.4. The summed E-state index contributed by atoms with van der Waals surface area (Å²) in [5, 5.41) is 11.0. The largest absolute Gasteiger partial charge is 0.385 e. The lowest BCUT2D eigenvalue weighted by molar-refractivity contribution is -0.121. The van der Waals surface area contributed by atoms with Crippen molar-refractivity contribution in [2.45, 2.75) is 12.8 Å². The van der Waals surface area contributed by atoms with Gasteiger partial charge in [-0.05, 0) is 66.1 Å². The molecule has 3 aromatic carbocycles. The number of hydrazone groups is 2. The average molecular weight is 614 g/mol. The van der Waals surface area contributed by atoms with Crippen molar-refractivity contribution in [1.29, 1.82) is 0 Å². The molecule has 0 atom stereocenters. The minimum absolute atomic E-state index is 0.228. The number of carbonyl (C=O) groups is 2. The molecule has 0 bridgehead atoms. The van der Waals surface area contributed by atoms with E-state index in [-0.39, 0.29) is 12.3 Å². The normalized spacial score (nSPS) is 11.8. The topological polar surface area (TPSA) is 187 Å². The molecule has 0 aliphatic rings. The molecule has 42 heavy (non-hydrogen) atoms. The number of benzene rings is 3. The second-order valence-electron chi connectivity index (χ2n) is 9.10. The number of hydrogen-bond donors (Lipinski definition) is 5. The van der Waals surface area contributed by atoms with Gasteiger partial charge in [-0.1, -0.05) is 24.3 Å². The van der Waals surface area contributed by atoms with E-state index in [0.717, 1.165) is 18.2 Å². The van der Waals surface area contributed by atoms with E-state index >= 15 is 0 Å². The molecule has 222 valence electrons. The van der Waals surface area contributed by atoms with Crippen LogP contribution in [-0.2, 0) is 24.8 Å². The first-order chi connectivity index (χ1) is 19.9. The fourth-order valence-corrected chi connectivity index (χ4v) is 4.59. The van der Waals surface area contributed by atoms with Crippen LogP contribution < -0.4 is 25.6 Å². The molecule has 0 saturated heterocycles. The molecular weight excluding hydrogens is 582 g/mol. The van der Waals surface area contributed by atoms with Gasteiger partial charge in [-0.3, -0.25) is 19.0 Å². The monoisotopic (exact) mass is 613 g/mol. The molecule has 0 aliphatic heterocycles. The van der Waals surface area contributed by atoms with Gasteiger partial charge in [0.1, 0.15) is 0 Å². The van der Waals surface area contributed by atoms with Crippen LogP contribution in [0.4, 0.5) is 17.1 Å². The molecule has 5 N–H and O–H groups in total. The Morgan fingerprint density at radius 2 is 1.24 bits per heavy atom. The highest BCUT2D eigenvalue weighted by Gasteiger charge is 2.06. The summed E-state index contributed by atoms with van der Waals surface area (Å²) in [6.45, 7) is 0.513. The molecule has 0 radical (unpaired) electrons. The van der Waals surface area contributed by atoms with E-state index in [2.05, 4.69) is 35.8 Å². The Balaban J connectivity index is 1.37. The Hall–Kier alpha value is -4.76. The predicted molar refractivity (Wildman–Crippen MR) is 165 cm³/mol. The van der Waals surface area contributed by atoms with Gasteiger partial charge in [0.05, 0.1) is 24.9 Å². The van der Waals surface area contributed by atoms with Crippen molar-refractivity contribution in [3.63, 3.8) is 0 Å². The SMILES string of the molecule is CS(=O)(=O)Nc1cccc(/C=N/NC(=O)CCCNc2ccc(C(=O)N/N=C/c3cccc(NS(C)(=O)=O)c3)cc2)c1. The van der Waals surface area contributed by atoms with E-state index in [1.54, 1.807) is 72.8 Å². The molecule has 3 aromatic rings. The third-order valence-electron chi connectivity index (χ3n) is 5.22. The molecule has 15 heteroatoms. The van der Waals surface area contributed by atoms with Crippen LogP contribution in [0.15, 0.2) is 83.0 Å². The maximum atomic E-state index is 12.4. The van der Waals surface area contributed by atoms with Gasteiger partial charge in [0, 0.05) is 35.6 Å². The first kappa shape index (κ1) is 31.8. The lowest BCUT2D eigenvalue weighted by Gasteiger charge is -2.07. The molecule has 3 rings (SSSR count). The third-order valence-corrected chi connectivity index (χ3v) is 6.43. The number of carbonyl (C=O) groups excluding carboxylic acids is 2. The fraction of sp³-hybridized carbons (Fsp3) is 0.185. The smallest absolute Gasteiger partial charge is 0.271 e. The summed E-state index contributed by atoms with van der Waals surface area (Å²) in [5.74, 6) is -0.691. The number of hydrogen-bond acceptors (Lipinski definition) is 9. The number of amides is 2. The van der Waals surface area contributed by atoms with Gasteiger partial charge < -0.3 is 5.32 Å². The Morgan fingerprint density at radius 1 is 0.714 bits per heavy atom. The highest BCUT2D eigenvalue weighted by molar-refractivity contribution is 7.92. The number of nitrogens with zero attached hydrogens (tertiary/aromatic N) is 2. The van der Waals surface area contributed by atoms with Crippen molar-refractivity contribution in [3.05, 3.63) is 89.5 Å². The first-order valence-electron chi connectivity index (χ1n) is 12.5. The van der Waals surface area contributed by atoms with Gasteiger partial charge in [0.25, 0.3) is 5.91 Å². The van der Waals surface area contributed by atoms with Gasteiger partial charge in [-0.15, -0.1) is 0 Å². The van der Waals surface area contributed by atoms with Crippen molar-refractivity contribution in [2.75, 3.05) is 33.8 Å². The second-order valence-corrected chi connectivity index (χ2v) is 12.6. The number of rotatable bonds is 14. The molecule has 0 fully saturated rings. The van der Waals surface area contributed by atoms with E-state index in [1.165, 1.54) is 12.4 Å². The molecule has 0 aliphatic carbocycles. The quantitative estimate of drug-likeness (QED) is 0.105. The van der Waals surface area contributed by atoms with E-state index in [0.29, 0.717) is 41.0 Å². The van der Waals surface area contributed by atoms with Crippen LogP contribution in [0.25, 0.3) is 0 Å². The van der Waals surface area contributed by atoms with Gasteiger partial charge in [0.15, 0.2) is 0 Å². The van der Waals surface area contributed by atoms with Crippen molar-refractivity contribution < 1.29 is 26.4 Å². The van der Waals surface area contributed by atoms with E-state index in [9.17, 15) is 26.4 Å². The van der Waals surface area contributed by atoms with Crippen LogP contribution in [0, 0.1) is 0 Å². The van der Waals surface area contributed by atoms with Gasteiger partial charge >= 0.3 is 0 Å². The van der Waals surface area contributed by atoms with Crippen LogP contribution >= 0.6 is 0 Å². The van der Waals surface area contributed by atoms with Gasteiger partial charge in [0.2, 0.25) is 26.0 Å². The van der Waals surface area contributed by atoms with E-state index in [4.69, 9.17) is 0 Å². The summed E-state index contributed by atoms with van der Waals surface area (Å²) in [4.78, 5) is 24.4. The van der Waals surface area contributed by atoms with Crippen LogP contribution in [0.1, 0.15) is 34.3 Å². The maximum Gasteiger partial charge on any atom is 0.271 e. The third kappa shape index (κ3) is 12.2. The Bertz CT molecular complexity index is 1670. The zero-order valence-corrected chi connectivity index (χ0v) is 24.5. The average Bonchev–Trinajstić information content (AvgIpc) is 2.90. The highest BCUT2D eigenvalue weighted by Crippen LogP contribution is 2.12. The van der Waals surface area contributed by atoms with Crippen molar-refractivity contribution in [1.82, 2.24) is 10.9 Å². The summed E-state index contributed by atoms with van der Waals surface area (Å²) >= 11 is 0. The summed E-state index contributed by atoms with van der Waals surface area (Å²) < 4.78 is 50.2. The molecular formula is C27H31N7O6S2. The van der Waals surface area contributed by atoms with E-state index < -0.39 is 26.0 Å². The van der Waals surface area contributed by atoms with Crippen molar-refractivity contribution >= 4 is 61.4 Å². The van der Waals surface area contributed by atoms with Gasteiger partial charge in [-0.25, -0.2) is 27.7 Å². The molecule has 0 unspecified atom stereocenters. The van der Waals surface area contributed by atoms with Crippen LogP contribution in [0.2, 0.25) is 0 Å². The number of anilines is 3. The minimum Gasteiger partial charge on any atom is -0.385 e. The Morgan fingerprint density at radius 3 is 1.76 bits per heavy atom. The van der Waals surface area contributed by atoms with E-state index in [1.807, 2.05) is 0 Å². The van der Waals surface area contributed by atoms with Gasteiger partial charge in [-0.2, -0.15) is 10.2 Å². The molecule has 2 amide bonds. The van der Waals surface area contributed by atoms with Crippen LogP contribution in [0.3, 0.4) is 0 Å². The Labute approximate surface area is 244 Å². The summed E-state index contributed by atoms with van der Waals surface area (Å²) in [5.41, 5.74) is 8.01. The first-order valence-corrected chi connectivity index (χ1v) is 16.3. The Kier molecular flexibility index (Phi) is 11.2. The summed E-state index contributed by atoms with van der Waals surface area (Å²) in [7, 11) is -6.80. The lowest BCUT2D eigenvalue weighted by atomic mass is 10.2. The van der Waals surface area contributed by atoms with Crippen molar-refractivity contribution in [2.24, 2.45) is 10.2 Å². The summed E-state index contributed by atoms with van der Waals surface area (Å²) in [6.07, 6.45) is 5.70. The van der Waals surface area contributed by atoms with Crippen LogP contribution in [-0.4, -0.2) is 60.1 Å². The zero-order chi connectivity index (χ0) is 30.6. The van der Waals surface area contributed by atoms with Crippen molar-refractivity contribution in [3.8, 4) is 0 Å². The second kappa shape index (κ2) is 14.7. The fourth-order valence-electron chi connectivity index (χ4n) is 3.48. The lowest BCUT2D eigenvalue weighted by Crippen LogP contribution is -2.18. The zero-order valence-electron chi connectivity index (χ0n) is 22.9. The minimum atomic E-state index is -3.40. The molecule has 0 saturated carbocycles. The molecule has 0 heterocycles. The molecule has 0 aromatic heterocycles. The standard InChI is InChI=1S/C27H31N7O6S2/c1-41(37,38)33-24-8-3-6-20(16-24)18-29-31-26(35)10-5-15-28-23-13-11-22(12-14-23)27(36)32-30-19-21-7-4-9-25(17-21)34-42(2,39)40/h3-4,6-9,11-14,16-19,28,33-34H,5,10,15H2,1-2H3,(H,31,35)(H,32,36)/b29-18+,30-19+. The number of sulfonamides is 2. The van der Waals surface area contributed by atoms with Crippen LogP contribution in [0.5, 0.6) is 0 Å².